The lowest BCUT2D eigenvalue weighted by Gasteiger charge is -2.16. The van der Waals surface area contributed by atoms with Crippen molar-refractivity contribution in [3.8, 4) is 5.75 Å². The third-order valence-electron chi connectivity index (χ3n) is 3.78. The smallest absolute Gasteiger partial charge is 0.265 e. The van der Waals surface area contributed by atoms with Crippen LogP contribution in [0.1, 0.15) is 37.8 Å². The molecule has 0 aliphatic heterocycles. The van der Waals surface area contributed by atoms with Crippen LogP contribution in [0.4, 0.5) is 5.69 Å². The van der Waals surface area contributed by atoms with Crippen molar-refractivity contribution >= 4 is 27.5 Å². The van der Waals surface area contributed by atoms with Crippen molar-refractivity contribution in [1.29, 1.82) is 0 Å². The van der Waals surface area contributed by atoms with Crippen LogP contribution in [0.2, 0.25) is 0 Å². The van der Waals surface area contributed by atoms with E-state index in [2.05, 4.69) is 40.3 Å². The molecule has 3 nitrogen and oxygen atoms in total. The zero-order valence-corrected chi connectivity index (χ0v) is 16.0. The fourth-order valence-electron chi connectivity index (χ4n) is 2.38. The molecule has 0 bridgehead atoms. The molecule has 1 N–H and O–H groups in total. The molecular weight excluding hydrogens is 366 g/mol. The number of hydrogen-bond donors (Lipinski definition) is 1. The number of anilines is 1. The Hall–Kier alpha value is -1.81. The number of rotatable bonds is 7. The Kier molecular flexibility index (Phi) is 6.85. The molecular formula is C20H24BrNO2. The monoisotopic (exact) mass is 389 g/mol. The Bertz CT molecular complexity index is 700. The lowest BCUT2D eigenvalue weighted by atomic mass is 10.1. The maximum absolute atomic E-state index is 12.4. The second kappa shape index (κ2) is 8.88. The van der Waals surface area contributed by atoms with Crippen molar-refractivity contribution in [1.82, 2.24) is 0 Å². The number of nitrogens with one attached hydrogen (secondary N) is 1. The normalized spacial score (nSPS) is 11.8. The average Bonchev–Trinajstić information content (AvgIpc) is 2.55. The summed E-state index contributed by atoms with van der Waals surface area (Å²) in [6.45, 7) is 5.93. The molecule has 0 fully saturated rings. The van der Waals surface area contributed by atoms with Crippen molar-refractivity contribution in [2.45, 2.75) is 46.1 Å². The molecule has 1 atom stereocenters. The van der Waals surface area contributed by atoms with Gasteiger partial charge in [0.1, 0.15) is 5.75 Å². The van der Waals surface area contributed by atoms with Crippen LogP contribution < -0.4 is 10.1 Å². The summed E-state index contributed by atoms with van der Waals surface area (Å²) in [4.78, 5) is 12.4. The molecule has 0 aliphatic carbocycles. The molecule has 24 heavy (non-hydrogen) atoms. The number of aryl methyl sites for hydroxylation is 2. The molecule has 2 rings (SSSR count). The second-order valence-electron chi connectivity index (χ2n) is 5.98. The van der Waals surface area contributed by atoms with Gasteiger partial charge in [-0.25, -0.2) is 0 Å². The van der Waals surface area contributed by atoms with Gasteiger partial charge in [0.2, 0.25) is 0 Å². The van der Waals surface area contributed by atoms with Crippen LogP contribution in [0.3, 0.4) is 0 Å². The average molecular weight is 390 g/mol. The minimum absolute atomic E-state index is 0.168. The zero-order valence-electron chi connectivity index (χ0n) is 14.4. The Labute approximate surface area is 152 Å². The van der Waals surface area contributed by atoms with E-state index in [0.29, 0.717) is 5.75 Å². The molecule has 128 valence electrons. The number of amides is 1. The number of carbonyl (C=O) groups is 1. The van der Waals surface area contributed by atoms with E-state index in [0.717, 1.165) is 22.1 Å². The molecule has 0 spiro atoms. The Morgan fingerprint density at radius 2 is 2.04 bits per heavy atom. The number of ether oxygens (including phenoxy) is 1. The minimum Gasteiger partial charge on any atom is -0.481 e. The van der Waals surface area contributed by atoms with Crippen LogP contribution in [0.25, 0.3) is 0 Å². The van der Waals surface area contributed by atoms with E-state index in [1.54, 1.807) is 6.92 Å². The maximum Gasteiger partial charge on any atom is 0.265 e. The number of hydrogen-bond acceptors (Lipinski definition) is 2. The quantitative estimate of drug-likeness (QED) is 0.677. The molecule has 0 aliphatic rings. The lowest BCUT2D eigenvalue weighted by molar-refractivity contribution is -0.122. The van der Waals surface area contributed by atoms with Gasteiger partial charge in [-0.2, -0.15) is 0 Å². The van der Waals surface area contributed by atoms with E-state index in [1.165, 1.54) is 18.4 Å². The molecule has 0 saturated carbocycles. The fourth-order valence-corrected chi connectivity index (χ4v) is 2.90. The highest BCUT2D eigenvalue weighted by atomic mass is 79.9. The molecule has 0 radical (unpaired) electrons. The van der Waals surface area contributed by atoms with Crippen LogP contribution in [-0.2, 0) is 11.2 Å². The van der Waals surface area contributed by atoms with Gasteiger partial charge in [0.25, 0.3) is 5.91 Å². The fraction of sp³-hybridized carbons (Fsp3) is 0.350. The SMILES string of the molecule is CCCCc1ccc(NC(=O)C(C)Oc2cccc(C)c2)c(Br)c1. The topological polar surface area (TPSA) is 38.3 Å². The molecule has 2 aromatic rings. The summed E-state index contributed by atoms with van der Waals surface area (Å²) in [7, 11) is 0. The summed E-state index contributed by atoms with van der Waals surface area (Å²) in [5.41, 5.74) is 3.14. The highest BCUT2D eigenvalue weighted by Gasteiger charge is 2.16. The van der Waals surface area contributed by atoms with E-state index in [1.807, 2.05) is 37.3 Å². The van der Waals surface area contributed by atoms with Gasteiger partial charge in [0, 0.05) is 4.47 Å². The van der Waals surface area contributed by atoms with Gasteiger partial charge in [0.15, 0.2) is 6.10 Å². The van der Waals surface area contributed by atoms with E-state index in [4.69, 9.17) is 4.74 Å². The molecule has 1 amide bonds. The van der Waals surface area contributed by atoms with Crippen LogP contribution in [0.5, 0.6) is 5.75 Å². The first-order chi connectivity index (χ1) is 11.5. The van der Waals surface area contributed by atoms with Gasteiger partial charge in [-0.3, -0.25) is 4.79 Å². The summed E-state index contributed by atoms with van der Waals surface area (Å²) >= 11 is 3.54. The Morgan fingerprint density at radius 1 is 1.25 bits per heavy atom. The van der Waals surface area contributed by atoms with Crippen molar-refractivity contribution in [3.63, 3.8) is 0 Å². The van der Waals surface area contributed by atoms with Crippen LogP contribution in [-0.4, -0.2) is 12.0 Å². The van der Waals surface area contributed by atoms with Crippen LogP contribution >= 0.6 is 15.9 Å². The number of halogens is 1. The van der Waals surface area contributed by atoms with Gasteiger partial charge in [-0.1, -0.05) is 31.5 Å². The maximum atomic E-state index is 12.4. The highest BCUT2D eigenvalue weighted by molar-refractivity contribution is 9.10. The zero-order chi connectivity index (χ0) is 17.5. The summed E-state index contributed by atoms with van der Waals surface area (Å²) in [6, 6.07) is 13.7. The number of carbonyl (C=O) groups excluding carboxylic acids is 1. The van der Waals surface area contributed by atoms with Gasteiger partial charge in [0.05, 0.1) is 5.69 Å². The van der Waals surface area contributed by atoms with Gasteiger partial charge < -0.3 is 10.1 Å². The predicted molar refractivity (Wildman–Crippen MR) is 103 cm³/mol. The third-order valence-corrected chi connectivity index (χ3v) is 4.44. The van der Waals surface area contributed by atoms with E-state index in [9.17, 15) is 4.79 Å². The minimum atomic E-state index is -0.571. The van der Waals surface area contributed by atoms with E-state index >= 15 is 0 Å². The van der Waals surface area contributed by atoms with Crippen LogP contribution in [0.15, 0.2) is 46.9 Å². The second-order valence-corrected chi connectivity index (χ2v) is 6.84. The lowest BCUT2D eigenvalue weighted by Crippen LogP contribution is -2.30. The number of unbranched alkanes of at least 4 members (excludes halogenated alkanes) is 1. The van der Waals surface area contributed by atoms with E-state index < -0.39 is 6.10 Å². The van der Waals surface area contributed by atoms with Crippen molar-refractivity contribution in [2.75, 3.05) is 5.32 Å². The molecule has 4 heteroatoms. The van der Waals surface area contributed by atoms with Crippen LogP contribution in [0, 0.1) is 6.92 Å². The Balaban J connectivity index is 1.98. The molecule has 0 heterocycles. The molecule has 1 unspecified atom stereocenters. The first-order valence-corrected chi connectivity index (χ1v) is 9.11. The number of benzene rings is 2. The summed E-state index contributed by atoms with van der Waals surface area (Å²) in [5.74, 6) is 0.533. The Morgan fingerprint density at radius 3 is 2.71 bits per heavy atom. The van der Waals surface area contributed by atoms with Gasteiger partial charge >= 0.3 is 0 Å². The van der Waals surface area contributed by atoms with Gasteiger partial charge in [-0.15, -0.1) is 0 Å². The van der Waals surface area contributed by atoms with Crippen molar-refractivity contribution in [2.24, 2.45) is 0 Å². The van der Waals surface area contributed by atoms with E-state index in [-0.39, 0.29) is 5.91 Å². The first kappa shape index (κ1) is 18.5. The van der Waals surface area contributed by atoms with Crippen molar-refractivity contribution < 1.29 is 9.53 Å². The molecule has 0 aromatic heterocycles. The molecule has 0 saturated heterocycles. The highest BCUT2D eigenvalue weighted by Crippen LogP contribution is 2.25. The summed E-state index contributed by atoms with van der Waals surface area (Å²) in [5, 5.41) is 2.92. The summed E-state index contributed by atoms with van der Waals surface area (Å²) in [6.07, 6.45) is 2.82. The third kappa shape index (κ3) is 5.38. The first-order valence-electron chi connectivity index (χ1n) is 8.32. The largest absolute Gasteiger partial charge is 0.481 e. The van der Waals surface area contributed by atoms with Gasteiger partial charge in [-0.05, 0) is 78.0 Å². The molecule has 2 aromatic carbocycles. The summed E-state index contributed by atoms with van der Waals surface area (Å²) < 4.78 is 6.61. The predicted octanol–water partition coefficient (Wildman–Crippen LogP) is 5.51. The van der Waals surface area contributed by atoms with Crippen molar-refractivity contribution in [3.05, 3.63) is 58.1 Å². The standard InChI is InChI=1S/C20H24BrNO2/c1-4-5-8-16-10-11-19(18(21)13-16)22-20(23)15(3)24-17-9-6-7-14(2)12-17/h6-7,9-13,15H,4-5,8H2,1-3H3,(H,22,23).